The summed E-state index contributed by atoms with van der Waals surface area (Å²) in [6.07, 6.45) is 6.75. The van der Waals surface area contributed by atoms with Gasteiger partial charge in [0.05, 0.1) is 13.2 Å². The number of likely N-dealkylation sites (tertiary alicyclic amines) is 1. The molecule has 1 aromatic carbocycles. The Morgan fingerprint density at radius 3 is 2.75 bits per heavy atom. The van der Waals surface area contributed by atoms with Crippen LogP contribution in [0.2, 0.25) is 0 Å². The number of ether oxygens (including phenoxy) is 1. The van der Waals surface area contributed by atoms with Gasteiger partial charge in [0.15, 0.2) is 0 Å². The van der Waals surface area contributed by atoms with Gasteiger partial charge in [0.1, 0.15) is 5.75 Å². The first kappa shape index (κ1) is 14.9. The van der Waals surface area contributed by atoms with Gasteiger partial charge in [0.2, 0.25) is 0 Å². The molecule has 1 aliphatic rings. The van der Waals surface area contributed by atoms with Crippen molar-refractivity contribution in [1.82, 2.24) is 4.90 Å². The van der Waals surface area contributed by atoms with Gasteiger partial charge in [-0.1, -0.05) is 25.0 Å². The van der Waals surface area contributed by atoms with E-state index >= 15 is 0 Å². The van der Waals surface area contributed by atoms with Crippen LogP contribution in [0, 0.1) is 11.3 Å². The van der Waals surface area contributed by atoms with Gasteiger partial charge in [-0.25, -0.2) is 0 Å². The average Bonchev–Trinajstić information content (AvgIpc) is 2.73. The number of nitrogens with zero attached hydrogens (tertiary/aromatic N) is 2. The number of benzene rings is 1. The fourth-order valence-corrected chi connectivity index (χ4v) is 3.00. The summed E-state index contributed by atoms with van der Waals surface area (Å²) in [5.74, 6) is 0.915. The predicted molar refractivity (Wildman–Crippen MR) is 80.6 cm³/mol. The van der Waals surface area contributed by atoms with E-state index in [2.05, 4.69) is 23.1 Å². The predicted octanol–water partition coefficient (Wildman–Crippen LogP) is 3.92. The third kappa shape index (κ3) is 3.98. The number of nitriles is 1. The minimum atomic E-state index is 0.502. The highest BCUT2D eigenvalue weighted by Gasteiger charge is 2.22. The first-order chi connectivity index (χ1) is 9.85. The van der Waals surface area contributed by atoms with E-state index in [9.17, 15) is 0 Å². The SMILES string of the molecule is COc1ccc(C2CCCCCN2CCCC#N)cc1. The van der Waals surface area contributed by atoms with Gasteiger partial charge in [0, 0.05) is 12.5 Å². The van der Waals surface area contributed by atoms with Gasteiger partial charge >= 0.3 is 0 Å². The molecule has 0 radical (unpaired) electrons. The Kier molecular flexibility index (Phi) is 5.88. The Balaban J connectivity index is 2.08. The monoisotopic (exact) mass is 272 g/mol. The number of unbranched alkanes of at least 4 members (excludes halogenated alkanes) is 1. The van der Waals surface area contributed by atoms with Crippen LogP contribution in [0.1, 0.15) is 50.1 Å². The Morgan fingerprint density at radius 1 is 1.25 bits per heavy atom. The lowest BCUT2D eigenvalue weighted by Crippen LogP contribution is -2.29. The number of hydrogen-bond acceptors (Lipinski definition) is 3. The van der Waals surface area contributed by atoms with Crippen LogP contribution in [0.15, 0.2) is 24.3 Å². The van der Waals surface area contributed by atoms with E-state index in [4.69, 9.17) is 10.00 Å². The van der Waals surface area contributed by atoms with Crippen LogP contribution in [0.5, 0.6) is 5.75 Å². The molecule has 0 bridgehead atoms. The third-order valence-corrected chi connectivity index (χ3v) is 4.10. The van der Waals surface area contributed by atoms with E-state index in [0.29, 0.717) is 12.5 Å². The van der Waals surface area contributed by atoms with Crippen molar-refractivity contribution in [3.63, 3.8) is 0 Å². The molecule has 0 amide bonds. The molecule has 20 heavy (non-hydrogen) atoms. The van der Waals surface area contributed by atoms with Crippen LogP contribution in [0.25, 0.3) is 0 Å². The van der Waals surface area contributed by atoms with Crippen molar-refractivity contribution in [3.05, 3.63) is 29.8 Å². The van der Waals surface area contributed by atoms with Gasteiger partial charge < -0.3 is 4.74 Å². The lowest BCUT2D eigenvalue weighted by atomic mass is 10.0. The maximum Gasteiger partial charge on any atom is 0.118 e. The van der Waals surface area contributed by atoms with Gasteiger partial charge in [0.25, 0.3) is 0 Å². The largest absolute Gasteiger partial charge is 0.497 e. The van der Waals surface area contributed by atoms with Crippen LogP contribution in [0.4, 0.5) is 0 Å². The summed E-state index contributed by atoms with van der Waals surface area (Å²) in [6, 6.07) is 11.2. The summed E-state index contributed by atoms with van der Waals surface area (Å²) in [4.78, 5) is 2.56. The van der Waals surface area contributed by atoms with Crippen molar-refractivity contribution >= 4 is 0 Å². The lowest BCUT2D eigenvalue weighted by molar-refractivity contribution is 0.199. The standard InChI is InChI=1S/C17H24N2O/c1-20-16-10-8-15(9-11-16)17-7-3-2-5-13-19(17)14-6-4-12-18/h8-11,17H,2-7,13-14H2,1H3. The molecule has 108 valence electrons. The summed E-state index contributed by atoms with van der Waals surface area (Å²) >= 11 is 0. The fourth-order valence-electron chi connectivity index (χ4n) is 3.00. The molecule has 2 rings (SSSR count). The summed E-state index contributed by atoms with van der Waals surface area (Å²) in [5, 5.41) is 8.71. The number of hydrogen-bond donors (Lipinski definition) is 0. The second-order valence-corrected chi connectivity index (χ2v) is 5.44. The van der Waals surface area contributed by atoms with E-state index in [1.807, 2.05) is 12.1 Å². The average molecular weight is 272 g/mol. The second kappa shape index (κ2) is 7.91. The van der Waals surface area contributed by atoms with Gasteiger partial charge in [-0.05, 0) is 50.0 Å². The highest BCUT2D eigenvalue weighted by molar-refractivity contribution is 5.29. The smallest absolute Gasteiger partial charge is 0.118 e. The summed E-state index contributed by atoms with van der Waals surface area (Å²) in [6.45, 7) is 2.19. The molecule has 1 fully saturated rings. The molecule has 0 N–H and O–H groups in total. The highest BCUT2D eigenvalue weighted by Crippen LogP contribution is 2.31. The number of rotatable bonds is 5. The fraction of sp³-hybridized carbons (Fsp3) is 0.588. The first-order valence-electron chi connectivity index (χ1n) is 7.60. The van der Waals surface area contributed by atoms with Crippen LogP contribution >= 0.6 is 0 Å². The number of methoxy groups -OCH3 is 1. The molecule has 0 saturated carbocycles. The minimum absolute atomic E-state index is 0.502. The zero-order valence-corrected chi connectivity index (χ0v) is 12.3. The van der Waals surface area contributed by atoms with E-state index in [0.717, 1.165) is 25.3 Å². The molecule has 1 heterocycles. The molecule has 0 spiro atoms. The third-order valence-electron chi connectivity index (χ3n) is 4.10. The van der Waals surface area contributed by atoms with Crippen molar-refractivity contribution in [3.8, 4) is 11.8 Å². The molecular formula is C17H24N2O. The Bertz CT molecular complexity index is 435. The van der Waals surface area contributed by atoms with E-state index in [1.54, 1.807) is 7.11 Å². The van der Waals surface area contributed by atoms with Gasteiger partial charge in [-0.15, -0.1) is 0 Å². The van der Waals surface area contributed by atoms with Gasteiger partial charge in [-0.2, -0.15) is 5.26 Å². The van der Waals surface area contributed by atoms with Gasteiger partial charge in [-0.3, -0.25) is 4.90 Å². The molecule has 1 aromatic rings. The van der Waals surface area contributed by atoms with Crippen molar-refractivity contribution in [2.75, 3.05) is 20.2 Å². The van der Waals surface area contributed by atoms with Crippen molar-refractivity contribution in [2.24, 2.45) is 0 Å². The second-order valence-electron chi connectivity index (χ2n) is 5.44. The minimum Gasteiger partial charge on any atom is -0.497 e. The van der Waals surface area contributed by atoms with E-state index < -0.39 is 0 Å². The molecule has 0 aliphatic carbocycles. The lowest BCUT2D eigenvalue weighted by Gasteiger charge is -2.30. The van der Waals surface area contributed by atoms with E-state index in [1.165, 1.54) is 31.2 Å². The summed E-state index contributed by atoms with van der Waals surface area (Å²) in [5.41, 5.74) is 1.38. The molecule has 1 unspecified atom stereocenters. The normalized spacial score (nSPS) is 20.1. The van der Waals surface area contributed by atoms with Crippen LogP contribution in [-0.4, -0.2) is 25.1 Å². The molecule has 3 heteroatoms. The maximum absolute atomic E-state index is 8.71. The van der Waals surface area contributed by atoms with Crippen molar-refractivity contribution < 1.29 is 4.74 Å². The van der Waals surface area contributed by atoms with E-state index in [-0.39, 0.29) is 0 Å². The quantitative estimate of drug-likeness (QED) is 0.762. The molecular weight excluding hydrogens is 248 g/mol. The zero-order valence-electron chi connectivity index (χ0n) is 12.3. The molecule has 1 saturated heterocycles. The molecule has 1 aliphatic heterocycles. The van der Waals surface area contributed by atoms with Crippen LogP contribution in [-0.2, 0) is 0 Å². The molecule has 3 nitrogen and oxygen atoms in total. The van der Waals surface area contributed by atoms with Crippen molar-refractivity contribution in [2.45, 2.75) is 44.6 Å². The first-order valence-corrected chi connectivity index (χ1v) is 7.60. The highest BCUT2D eigenvalue weighted by atomic mass is 16.5. The van der Waals surface area contributed by atoms with Crippen LogP contribution in [0.3, 0.4) is 0 Å². The summed E-state index contributed by atoms with van der Waals surface area (Å²) in [7, 11) is 1.70. The molecule has 0 aromatic heterocycles. The Hall–Kier alpha value is -1.53. The Morgan fingerprint density at radius 2 is 2.05 bits per heavy atom. The van der Waals surface area contributed by atoms with Crippen molar-refractivity contribution in [1.29, 1.82) is 5.26 Å². The Labute approximate surface area is 122 Å². The topological polar surface area (TPSA) is 36.3 Å². The maximum atomic E-state index is 8.71. The van der Waals surface area contributed by atoms with Crippen LogP contribution < -0.4 is 4.74 Å². The molecule has 1 atom stereocenters. The summed E-state index contributed by atoms with van der Waals surface area (Å²) < 4.78 is 5.24. The zero-order chi connectivity index (χ0) is 14.2.